The summed E-state index contributed by atoms with van der Waals surface area (Å²) >= 11 is 12.0. The van der Waals surface area contributed by atoms with Gasteiger partial charge in [-0.2, -0.15) is 0 Å². The van der Waals surface area contributed by atoms with Crippen LogP contribution in [0.5, 0.6) is 0 Å². The normalized spacial score (nSPS) is 11.6. The van der Waals surface area contributed by atoms with Crippen LogP contribution < -0.4 is 5.32 Å². The molecule has 0 heterocycles. The summed E-state index contributed by atoms with van der Waals surface area (Å²) in [5.74, 6) is -2.75. The van der Waals surface area contributed by atoms with Crippen LogP contribution in [0.3, 0.4) is 0 Å². The van der Waals surface area contributed by atoms with E-state index in [2.05, 4.69) is 5.32 Å². The van der Waals surface area contributed by atoms with E-state index in [0.717, 1.165) is 5.56 Å². The third-order valence-corrected chi connectivity index (χ3v) is 4.51. The van der Waals surface area contributed by atoms with Crippen molar-refractivity contribution in [1.29, 1.82) is 0 Å². The fourth-order valence-electron chi connectivity index (χ4n) is 2.47. The Balaban J connectivity index is 2.08. The molecule has 0 aliphatic rings. The van der Waals surface area contributed by atoms with Gasteiger partial charge in [0.1, 0.15) is 6.04 Å². The molecule has 0 spiro atoms. The Kier molecular flexibility index (Phi) is 7.21. The summed E-state index contributed by atoms with van der Waals surface area (Å²) in [7, 11) is 0. The van der Waals surface area contributed by atoms with Gasteiger partial charge in [0, 0.05) is 12.8 Å². The lowest BCUT2D eigenvalue weighted by atomic mass is 10.0. The summed E-state index contributed by atoms with van der Waals surface area (Å²) in [6, 6.07) is 10.3. The molecule has 0 aromatic heterocycles. The molecule has 2 rings (SSSR count). The van der Waals surface area contributed by atoms with E-state index in [9.17, 15) is 19.5 Å². The molecule has 2 aromatic rings. The van der Waals surface area contributed by atoms with E-state index < -0.39 is 23.9 Å². The maximum atomic E-state index is 12.4. The highest BCUT2D eigenvalue weighted by Gasteiger charge is 2.23. The van der Waals surface area contributed by atoms with E-state index in [1.807, 2.05) is 0 Å². The van der Waals surface area contributed by atoms with E-state index in [1.165, 1.54) is 12.1 Å². The lowest BCUT2D eigenvalue weighted by Crippen LogP contribution is -2.42. The van der Waals surface area contributed by atoms with Gasteiger partial charge in [0.15, 0.2) is 0 Å². The number of carbonyl (C=O) groups excluding carboxylic acids is 1. The summed E-state index contributed by atoms with van der Waals surface area (Å²) < 4.78 is 0. The van der Waals surface area contributed by atoms with Gasteiger partial charge in [-0.15, -0.1) is 0 Å². The van der Waals surface area contributed by atoms with Crippen molar-refractivity contribution in [3.05, 3.63) is 69.2 Å². The maximum Gasteiger partial charge on any atom is 0.326 e. The SMILES string of the molecule is O=C(O)CCc1ccc(C[C@H](NC(=O)c2c(Cl)cccc2Cl)C(=O)O)cc1. The maximum absolute atomic E-state index is 12.4. The van der Waals surface area contributed by atoms with Crippen LogP contribution >= 0.6 is 23.2 Å². The summed E-state index contributed by atoms with van der Waals surface area (Å²) in [5, 5.41) is 20.8. The second kappa shape index (κ2) is 9.39. The van der Waals surface area contributed by atoms with Gasteiger partial charge in [0.05, 0.1) is 15.6 Å². The largest absolute Gasteiger partial charge is 0.481 e. The van der Waals surface area contributed by atoms with E-state index >= 15 is 0 Å². The average molecular weight is 410 g/mol. The first-order chi connectivity index (χ1) is 12.8. The molecule has 1 atom stereocenters. The monoisotopic (exact) mass is 409 g/mol. The number of benzene rings is 2. The van der Waals surface area contributed by atoms with Crippen LogP contribution in [0.1, 0.15) is 27.9 Å². The number of nitrogens with one attached hydrogen (secondary N) is 1. The molecule has 0 fully saturated rings. The van der Waals surface area contributed by atoms with Gasteiger partial charge in [0.25, 0.3) is 5.91 Å². The number of aryl methyl sites for hydroxylation is 1. The Bertz CT molecular complexity index is 831. The zero-order chi connectivity index (χ0) is 20.0. The van der Waals surface area contributed by atoms with Gasteiger partial charge in [-0.25, -0.2) is 4.79 Å². The van der Waals surface area contributed by atoms with Crippen LogP contribution in [0.2, 0.25) is 10.0 Å². The zero-order valence-electron chi connectivity index (χ0n) is 14.1. The summed E-state index contributed by atoms with van der Waals surface area (Å²) in [6.07, 6.45) is 0.466. The van der Waals surface area contributed by atoms with E-state index in [4.69, 9.17) is 28.3 Å². The van der Waals surface area contributed by atoms with Crippen LogP contribution in [0.4, 0.5) is 0 Å². The zero-order valence-corrected chi connectivity index (χ0v) is 15.6. The molecule has 0 aliphatic heterocycles. The van der Waals surface area contributed by atoms with Gasteiger partial charge in [0.2, 0.25) is 0 Å². The van der Waals surface area contributed by atoms with Crippen molar-refractivity contribution < 1.29 is 24.6 Å². The van der Waals surface area contributed by atoms with Crippen molar-refractivity contribution in [2.45, 2.75) is 25.3 Å². The number of amides is 1. The smallest absolute Gasteiger partial charge is 0.326 e. The number of rotatable bonds is 8. The van der Waals surface area contributed by atoms with Crippen LogP contribution in [0.25, 0.3) is 0 Å². The highest BCUT2D eigenvalue weighted by Crippen LogP contribution is 2.24. The molecular formula is C19H17Cl2NO5. The fraction of sp³-hybridized carbons (Fsp3) is 0.211. The van der Waals surface area contributed by atoms with Crippen molar-refractivity contribution in [1.82, 2.24) is 5.32 Å². The van der Waals surface area contributed by atoms with Crippen LogP contribution in [0.15, 0.2) is 42.5 Å². The number of carbonyl (C=O) groups is 3. The first-order valence-electron chi connectivity index (χ1n) is 8.05. The number of hydrogen-bond acceptors (Lipinski definition) is 3. The molecule has 0 aliphatic carbocycles. The van der Waals surface area contributed by atoms with Crippen molar-refractivity contribution in [2.24, 2.45) is 0 Å². The Morgan fingerprint density at radius 3 is 2.00 bits per heavy atom. The Hall–Kier alpha value is -2.57. The summed E-state index contributed by atoms with van der Waals surface area (Å²) in [5.41, 5.74) is 1.54. The lowest BCUT2D eigenvalue weighted by molar-refractivity contribution is -0.139. The number of carboxylic acid groups (broad SMARTS) is 2. The number of halogens is 2. The molecule has 6 nitrogen and oxygen atoms in total. The molecule has 0 bridgehead atoms. The van der Waals surface area contributed by atoms with Gasteiger partial charge >= 0.3 is 11.9 Å². The molecule has 8 heteroatoms. The van der Waals surface area contributed by atoms with Crippen molar-refractivity contribution in [3.63, 3.8) is 0 Å². The Morgan fingerprint density at radius 1 is 0.926 bits per heavy atom. The molecular weight excluding hydrogens is 393 g/mol. The fourth-order valence-corrected chi connectivity index (χ4v) is 3.04. The van der Waals surface area contributed by atoms with Crippen LogP contribution in [-0.2, 0) is 22.4 Å². The molecule has 0 unspecified atom stereocenters. The quantitative estimate of drug-likeness (QED) is 0.619. The number of carboxylic acids is 2. The van der Waals surface area contributed by atoms with E-state index in [0.29, 0.717) is 12.0 Å². The van der Waals surface area contributed by atoms with Gasteiger partial charge < -0.3 is 15.5 Å². The van der Waals surface area contributed by atoms with E-state index in [-0.39, 0.29) is 28.5 Å². The van der Waals surface area contributed by atoms with Crippen molar-refractivity contribution >= 4 is 41.0 Å². The molecule has 27 heavy (non-hydrogen) atoms. The van der Waals surface area contributed by atoms with Crippen molar-refractivity contribution in [2.75, 3.05) is 0 Å². The van der Waals surface area contributed by atoms with Gasteiger partial charge in [-0.1, -0.05) is 53.5 Å². The molecule has 1 amide bonds. The second-order valence-corrected chi connectivity index (χ2v) is 6.69. The van der Waals surface area contributed by atoms with Crippen LogP contribution in [-0.4, -0.2) is 34.1 Å². The molecule has 0 radical (unpaired) electrons. The van der Waals surface area contributed by atoms with Crippen molar-refractivity contribution in [3.8, 4) is 0 Å². The Morgan fingerprint density at radius 2 is 1.48 bits per heavy atom. The molecule has 0 saturated heterocycles. The number of hydrogen-bond donors (Lipinski definition) is 3. The third-order valence-electron chi connectivity index (χ3n) is 3.88. The average Bonchev–Trinajstić information content (AvgIpc) is 2.60. The predicted molar refractivity (Wildman–Crippen MR) is 101 cm³/mol. The van der Waals surface area contributed by atoms with Crippen LogP contribution in [0, 0.1) is 0 Å². The number of aliphatic carboxylic acids is 2. The minimum atomic E-state index is -1.19. The standard InChI is InChI=1S/C19H17Cl2NO5/c20-13-2-1-3-14(21)17(13)18(25)22-15(19(26)27)10-12-6-4-11(5-7-12)8-9-16(23)24/h1-7,15H,8-10H2,(H,22,25)(H,23,24)(H,26,27)/t15-/m0/s1. The lowest BCUT2D eigenvalue weighted by Gasteiger charge is -2.16. The molecule has 3 N–H and O–H groups in total. The second-order valence-electron chi connectivity index (χ2n) is 5.88. The summed E-state index contributed by atoms with van der Waals surface area (Å²) in [6.45, 7) is 0. The summed E-state index contributed by atoms with van der Waals surface area (Å²) in [4.78, 5) is 34.5. The highest BCUT2D eigenvalue weighted by molar-refractivity contribution is 6.39. The first-order valence-corrected chi connectivity index (χ1v) is 8.81. The third kappa shape index (κ3) is 5.98. The first kappa shape index (κ1) is 20.7. The minimum absolute atomic E-state index is 0.0196. The van der Waals surface area contributed by atoms with E-state index in [1.54, 1.807) is 30.3 Å². The molecule has 2 aromatic carbocycles. The molecule has 0 saturated carbocycles. The topological polar surface area (TPSA) is 104 Å². The predicted octanol–water partition coefficient (Wildman–Crippen LogP) is 3.44. The molecule has 142 valence electrons. The van der Waals surface area contributed by atoms with Gasteiger partial charge in [-0.05, 0) is 29.7 Å². The Labute approximate surface area is 165 Å². The minimum Gasteiger partial charge on any atom is -0.481 e. The van der Waals surface area contributed by atoms with Gasteiger partial charge in [-0.3, -0.25) is 9.59 Å². The highest BCUT2D eigenvalue weighted by atomic mass is 35.5.